The van der Waals surface area contributed by atoms with E-state index in [0.29, 0.717) is 24.1 Å². The van der Waals surface area contributed by atoms with E-state index in [-0.39, 0.29) is 11.9 Å². The molecule has 2 aliphatic rings. The van der Waals surface area contributed by atoms with Crippen molar-refractivity contribution in [2.75, 3.05) is 25.5 Å². The number of likely N-dealkylation sites (tertiary alicyclic amines) is 1. The lowest BCUT2D eigenvalue weighted by Crippen LogP contribution is -2.32. The van der Waals surface area contributed by atoms with Crippen LogP contribution in [0.1, 0.15) is 30.2 Å². The fourth-order valence-electron chi connectivity index (χ4n) is 4.18. The van der Waals surface area contributed by atoms with Gasteiger partial charge in [-0.1, -0.05) is 17.8 Å². The van der Waals surface area contributed by atoms with E-state index in [1.54, 1.807) is 6.26 Å². The second-order valence-electron chi connectivity index (χ2n) is 7.69. The Morgan fingerprint density at radius 3 is 2.84 bits per heavy atom. The van der Waals surface area contributed by atoms with E-state index in [0.717, 1.165) is 53.6 Å². The minimum absolute atomic E-state index is 0.0626. The average molecular weight is 441 g/mol. The van der Waals surface area contributed by atoms with E-state index in [1.165, 1.54) is 11.8 Å². The van der Waals surface area contributed by atoms with Gasteiger partial charge in [0.1, 0.15) is 19.0 Å². The zero-order valence-corrected chi connectivity index (χ0v) is 18.4. The van der Waals surface area contributed by atoms with Gasteiger partial charge in [-0.15, -0.1) is 10.2 Å². The van der Waals surface area contributed by atoms with Crippen LogP contribution in [0.25, 0.3) is 11.4 Å². The standard InChI is InChI=1S/C22H24N4O4S/c1-14-16(7-9-28-14)21-23-24-22(25(21)2)31-13-20(27)26-8-3-4-17(26)15-5-6-18-19(12-15)30-11-10-29-18/h5-7,9,12,17H,3-4,8,10-11,13H2,1-2H3/t17-/m0/s1. The Balaban J connectivity index is 1.27. The van der Waals surface area contributed by atoms with Crippen molar-refractivity contribution in [1.29, 1.82) is 0 Å². The van der Waals surface area contributed by atoms with E-state index in [1.807, 2.05) is 47.7 Å². The number of nitrogens with zero attached hydrogens (tertiary/aromatic N) is 4. The first-order valence-electron chi connectivity index (χ1n) is 10.4. The maximum Gasteiger partial charge on any atom is 0.233 e. The largest absolute Gasteiger partial charge is 0.486 e. The van der Waals surface area contributed by atoms with Crippen LogP contribution in [0.2, 0.25) is 0 Å². The molecule has 1 amide bonds. The quantitative estimate of drug-likeness (QED) is 0.561. The molecule has 4 heterocycles. The number of hydrogen-bond donors (Lipinski definition) is 0. The fraction of sp³-hybridized carbons (Fsp3) is 0.409. The summed E-state index contributed by atoms with van der Waals surface area (Å²) in [5.41, 5.74) is 2.00. The van der Waals surface area contributed by atoms with Crippen molar-refractivity contribution >= 4 is 17.7 Å². The van der Waals surface area contributed by atoms with Crippen LogP contribution >= 0.6 is 11.8 Å². The van der Waals surface area contributed by atoms with Crippen LogP contribution < -0.4 is 9.47 Å². The Morgan fingerprint density at radius 2 is 2.03 bits per heavy atom. The van der Waals surface area contributed by atoms with Gasteiger partial charge in [0.2, 0.25) is 5.91 Å². The minimum Gasteiger partial charge on any atom is -0.486 e. The van der Waals surface area contributed by atoms with Gasteiger partial charge in [-0.2, -0.15) is 0 Å². The molecule has 1 aromatic carbocycles. The van der Waals surface area contributed by atoms with Crippen LogP contribution in [0.15, 0.2) is 40.1 Å². The highest BCUT2D eigenvalue weighted by atomic mass is 32.2. The third kappa shape index (κ3) is 3.78. The molecule has 2 aromatic heterocycles. The number of ether oxygens (including phenoxy) is 2. The molecule has 1 fully saturated rings. The van der Waals surface area contributed by atoms with Gasteiger partial charge in [-0.3, -0.25) is 4.79 Å². The second kappa shape index (κ2) is 8.30. The second-order valence-corrected chi connectivity index (χ2v) is 8.64. The van der Waals surface area contributed by atoms with Crippen LogP contribution in [-0.2, 0) is 11.8 Å². The monoisotopic (exact) mass is 440 g/mol. The third-order valence-electron chi connectivity index (χ3n) is 5.78. The Labute approximate surface area is 184 Å². The maximum atomic E-state index is 13.1. The molecule has 9 heteroatoms. The summed E-state index contributed by atoms with van der Waals surface area (Å²) in [6.45, 7) is 3.78. The summed E-state index contributed by atoms with van der Waals surface area (Å²) >= 11 is 1.41. The summed E-state index contributed by atoms with van der Waals surface area (Å²) < 4.78 is 18.6. The number of carbonyl (C=O) groups is 1. The number of rotatable bonds is 5. The predicted molar refractivity (Wildman–Crippen MR) is 115 cm³/mol. The summed E-state index contributed by atoms with van der Waals surface area (Å²) in [6.07, 6.45) is 3.58. The molecule has 2 aliphatic heterocycles. The minimum atomic E-state index is 0.0626. The van der Waals surface area contributed by atoms with Crippen molar-refractivity contribution < 1.29 is 18.7 Å². The first-order valence-corrected chi connectivity index (χ1v) is 11.4. The lowest BCUT2D eigenvalue weighted by molar-refractivity contribution is -0.129. The molecule has 0 bridgehead atoms. The van der Waals surface area contributed by atoms with Gasteiger partial charge in [0.15, 0.2) is 22.5 Å². The molecule has 0 N–H and O–H groups in total. The van der Waals surface area contributed by atoms with Crippen LogP contribution in [0.5, 0.6) is 11.5 Å². The highest BCUT2D eigenvalue weighted by Crippen LogP contribution is 2.38. The fourth-order valence-corrected chi connectivity index (χ4v) is 4.98. The molecule has 5 rings (SSSR count). The van der Waals surface area contributed by atoms with Crippen molar-refractivity contribution in [3.63, 3.8) is 0 Å². The van der Waals surface area contributed by atoms with Gasteiger partial charge in [0.25, 0.3) is 0 Å². The van der Waals surface area contributed by atoms with E-state index in [2.05, 4.69) is 10.2 Å². The van der Waals surface area contributed by atoms with Gasteiger partial charge in [-0.05, 0) is 43.5 Å². The first kappa shape index (κ1) is 20.0. The molecular formula is C22H24N4O4S. The van der Waals surface area contributed by atoms with Crippen LogP contribution in [0.3, 0.4) is 0 Å². The van der Waals surface area contributed by atoms with E-state index < -0.39 is 0 Å². The summed E-state index contributed by atoms with van der Waals surface area (Å²) in [4.78, 5) is 15.0. The number of aromatic nitrogens is 3. The van der Waals surface area contributed by atoms with E-state index in [9.17, 15) is 4.79 Å². The number of hydrogen-bond acceptors (Lipinski definition) is 7. The van der Waals surface area contributed by atoms with Crippen molar-refractivity contribution in [3.8, 4) is 22.9 Å². The van der Waals surface area contributed by atoms with Crippen molar-refractivity contribution in [2.24, 2.45) is 7.05 Å². The molecule has 0 radical (unpaired) electrons. The molecule has 162 valence electrons. The van der Waals surface area contributed by atoms with Gasteiger partial charge in [0, 0.05) is 13.6 Å². The number of benzene rings is 1. The summed E-state index contributed by atoms with van der Waals surface area (Å²) in [5, 5.41) is 9.26. The Hall–Kier alpha value is -2.94. The average Bonchev–Trinajstić information content (AvgIpc) is 3.52. The number of thioether (sulfide) groups is 1. The number of aryl methyl sites for hydroxylation is 1. The van der Waals surface area contributed by atoms with Crippen LogP contribution in [-0.4, -0.2) is 51.1 Å². The molecule has 0 spiro atoms. The van der Waals surface area contributed by atoms with E-state index >= 15 is 0 Å². The number of fused-ring (bicyclic) bond motifs is 1. The smallest absolute Gasteiger partial charge is 0.233 e. The molecule has 0 aliphatic carbocycles. The summed E-state index contributed by atoms with van der Waals surface area (Å²) in [7, 11) is 1.91. The molecule has 0 saturated carbocycles. The highest BCUT2D eigenvalue weighted by Gasteiger charge is 2.31. The predicted octanol–water partition coefficient (Wildman–Crippen LogP) is 3.61. The number of amides is 1. The molecule has 31 heavy (non-hydrogen) atoms. The van der Waals surface area contributed by atoms with Gasteiger partial charge in [-0.25, -0.2) is 0 Å². The Bertz CT molecular complexity index is 1110. The van der Waals surface area contributed by atoms with Gasteiger partial charge >= 0.3 is 0 Å². The lowest BCUT2D eigenvalue weighted by atomic mass is 10.0. The zero-order chi connectivity index (χ0) is 21.4. The molecule has 1 atom stereocenters. The van der Waals surface area contributed by atoms with Crippen molar-refractivity contribution in [1.82, 2.24) is 19.7 Å². The summed E-state index contributed by atoms with van der Waals surface area (Å²) in [6, 6.07) is 7.94. The molecule has 3 aromatic rings. The van der Waals surface area contributed by atoms with E-state index in [4.69, 9.17) is 13.9 Å². The first-order chi connectivity index (χ1) is 15.1. The van der Waals surface area contributed by atoms with Gasteiger partial charge in [0.05, 0.1) is 23.6 Å². The third-order valence-corrected chi connectivity index (χ3v) is 6.79. The van der Waals surface area contributed by atoms with Crippen molar-refractivity contribution in [2.45, 2.75) is 31.0 Å². The molecule has 8 nitrogen and oxygen atoms in total. The van der Waals surface area contributed by atoms with Crippen LogP contribution in [0.4, 0.5) is 0 Å². The SMILES string of the molecule is Cc1occc1-c1nnc(SCC(=O)N2CCC[C@H]2c2ccc3c(c2)OCCO3)n1C. The van der Waals surface area contributed by atoms with Crippen LogP contribution in [0, 0.1) is 6.92 Å². The molecular weight excluding hydrogens is 416 g/mol. The molecule has 0 unspecified atom stereocenters. The topological polar surface area (TPSA) is 82.6 Å². The normalized spacial score (nSPS) is 17.9. The Morgan fingerprint density at radius 1 is 1.19 bits per heavy atom. The zero-order valence-electron chi connectivity index (χ0n) is 17.5. The maximum absolute atomic E-state index is 13.1. The summed E-state index contributed by atoms with van der Waals surface area (Å²) in [5.74, 6) is 3.48. The van der Waals surface area contributed by atoms with Gasteiger partial charge < -0.3 is 23.4 Å². The lowest BCUT2D eigenvalue weighted by Gasteiger charge is -2.26. The highest BCUT2D eigenvalue weighted by molar-refractivity contribution is 7.99. The number of carbonyl (C=O) groups excluding carboxylic acids is 1. The van der Waals surface area contributed by atoms with Crippen molar-refractivity contribution in [3.05, 3.63) is 41.9 Å². The molecule has 1 saturated heterocycles. The Kier molecular flexibility index (Phi) is 5.35. The number of furan rings is 1.